The summed E-state index contributed by atoms with van der Waals surface area (Å²) >= 11 is 0. The quantitative estimate of drug-likeness (QED) is 0.448. The van der Waals surface area contributed by atoms with Gasteiger partial charge in [0.15, 0.2) is 0 Å². The molecule has 0 nitrogen and oxygen atoms in total. The fourth-order valence-corrected chi connectivity index (χ4v) is 1.08. The molecule has 1 radical (unpaired) electrons. The third-order valence-corrected chi connectivity index (χ3v) is 1.66. The molecule has 0 N–H and O–H groups in total. The van der Waals surface area contributed by atoms with Crippen molar-refractivity contribution in [1.82, 2.24) is 0 Å². The first-order valence-corrected chi connectivity index (χ1v) is 3.46. The van der Waals surface area contributed by atoms with Crippen molar-refractivity contribution < 1.29 is 0 Å². The second-order valence-corrected chi connectivity index (χ2v) is 2.52. The van der Waals surface area contributed by atoms with Gasteiger partial charge in [0.2, 0.25) is 0 Å². The van der Waals surface area contributed by atoms with Crippen LogP contribution < -0.4 is 0 Å². The van der Waals surface area contributed by atoms with Crippen LogP contribution in [0.2, 0.25) is 0 Å². The van der Waals surface area contributed by atoms with Gasteiger partial charge in [-0.2, -0.15) is 0 Å². The summed E-state index contributed by atoms with van der Waals surface area (Å²) < 4.78 is 0. The average molecular weight is 109 g/mol. The highest BCUT2D eigenvalue weighted by Gasteiger charge is 1.96. The Morgan fingerprint density at radius 2 is 2.12 bits per heavy atom. The molecule has 0 aromatic carbocycles. The Morgan fingerprint density at radius 1 is 1.25 bits per heavy atom. The summed E-state index contributed by atoms with van der Waals surface area (Å²) in [5.74, 6) is 0. The first-order chi connectivity index (χ1) is 3.89. The van der Waals surface area contributed by atoms with E-state index in [1.54, 1.807) is 0 Å². The molecule has 0 saturated heterocycles. The topological polar surface area (TPSA) is 0 Å². The Labute approximate surface area is 51.6 Å². The van der Waals surface area contributed by atoms with Gasteiger partial charge in [-0.05, 0) is 38.7 Å². The third-order valence-electron chi connectivity index (χ3n) is 1.66. The van der Waals surface area contributed by atoms with Gasteiger partial charge >= 0.3 is 0 Å². The van der Waals surface area contributed by atoms with Gasteiger partial charge in [0.25, 0.3) is 0 Å². The highest BCUT2D eigenvalue weighted by Crippen LogP contribution is 2.14. The van der Waals surface area contributed by atoms with Crippen LogP contribution in [0.3, 0.4) is 0 Å². The van der Waals surface area contributed by atoms with Crippen LogP contribution in [0.1, 0.15) is 39.0 Å². The third kappa shape index (κ3) is 1.69. The monoisotopic (exact) mass is 109 g/mol. The lowest BCUT2D eigenvalue weighted by Crippen LogP contribution is -1.71. The standard InChI is InChI=1S/C8H13/c1-8-6-4-2-3-5-7-8/h2-6H2,1H3. The van der Waals surface area contributed by atoms with E-state index in [4.69, 9.17) is 0 Å². The van der Waals surface area contributed by atoms with Crippen molar-refractivity contribution in [2.75, 3.05) is 0 Å². The fraction of sp³-hybridized carbons (Fsp3) is 0.750. The second kappa shape index (κ2) is 2.91. The van der Waals surface area contributed by atoms with E-state index in [2.05, 4.69) is 13.0 Å². The highest BCUT2D eigenvalue weighted by molar-refractivity contribution is 4.93. The minimum Gasteiger partial charge on any atom is -0.0698 e. The zero-order valence-corrected chi connectivity index (χ0v) is 5.54. The molecular formula is C8H13. The van der Waals surface area contributed by atoms with Crippen LogP contribution in [-0.4, -0.2) is 0 Å². The van der Waals surface area contributed by atoms with Crippen molar-refractivity contribution in [3.05, 3.63) is 11.6 Å². The zero-order valence-electron chi connectivity index (χ0n) is 5.54. The van der Waals surface area contributed by atoms with Crippen LogP contribution in [0.4, 0.5) is 0 Å². The molecular weight excluding hydrogens is 96.1 g/mol. The summed E-state index contributed by atoms with van der Waals surface area (Å²) in [7, 11) is 0. The van der Waals surface area contributed by atoms with Crippen LogP contribution >= 0.6 is 0 Å². The Morgan fingerprint density at radius 3 is 3.00 bits per heavy atom. The molecule has 0 fully saturated rings. The lowest BCUT2D eigenvalue weighted by atomic mass is 10.2. The van der Waals surface area contributed by atoms with Crippen LogP contribution in [-0.2, 0) is 0 Å². The molecule has 0 unspecified atom stereocenters. The lowest BCUT2D eigenvalue weighted by molar-refractivity contribution is 0.709. The Hall–Kier alpha value is -0.260. The van der Waals surface area contributed by atoms with Gasteiger partial charge in [-0.25, -0.2) is 0 Å². The van der Waals surface area contributed by atoms with Crippen LogP contribution in [0.5, 0.6) is 0 Å². The smallest absolute Gasteiger partial charge is 0.0277 e. The van der Waals surface area contributed by atoms with Gasteiger partial charge in [0.05, 0.1) is 0 Å². The predicted molar refractivity (Wildman–Crippen MR) is 35.5 cm³/mol. The van der Waals surface area contributed by atoms with E-state index in [0.717, 1.165) is 0 Å². The van der Waals surface area contributed by atoms with E-state index in [1.165, 1.54) is 37.7 Å². The summed E-state index contributed by atoms with van der Waals surface area (Å²) in [5, 5.41) is 0. The lowest BCUT2D eigenvalue weighted by Gasteiger charge is -1.91. The Balaban J connectivity index is 2.36. The van der Waals surface area contributed by atoms with E-state index < -0.39 is 0 Å². The molecule has 0 bridgehead atoms. The maximum Gasteiger partial charge on any atom is -0.0277 e. The fourth-order valence-electron chi connectivity index (χ4n) is 1.08. The largest absolute Gasteiger partial charge is 0.0698 e. The van der Waals surface area contributed by atoms with Crippen molar-refractivity contribution in [3.8, 4) is 0 Å². The summed E-state index contributed by atoms with van der Waals surface area (Å²) in [4.78, 5) is 0. The molecule has 0 aliphatic heterocycles. The van der Waals surface area contributed by atoms with Gasteiger partial charge < -0.3 is 0 Å². The van der Waals surface area contributed by atoms with E-state index in [1.807, 2.05) is 0 Å². The summed E-state index contributed by atoms with van der Waals surface area (Å²) in [5.41, 5.74) is 1.47. The molecule has 0 heterocycles. The first kappa shape index (κ1) is 5.87. The minimum absolute atomic E-state index is 1.20. The normalized spacial score (nSPS) is 21.9. The molecule has 8 heavy (non-hydrogen) atoms. The number of hydrogen-bond acceptors (Lipinski definition) is 0. The summed E-state index contributed by atoms with van der Waals surface area (Å²) in [6, 6.07) is 0. The Bertz CT molecular complexity index is 90.2. The van der Waals surface area contributed by atoms with Crippen LogP contribution in [0.15, 0.2) is 5.57 Å². The molecule has 0 aromatic heterocycles. The molecule has 0 amide bonds. The van der Waals surface area contributed by atoms with Gasteiger partial charge in [-0.1, -0.05) is 12.0 Å². The number of allylic oxidation sites excluding steroid dienone is 2. The van der Waals surface area contributed by atoms with Gasteiger partial charge in [0, 0.05) is 0 Å². The van der Waals surface area contributed by atoms with E-state index in [0.29, 0.717) is 0 Å². The maximum absolute atomic E-state index is 3.36. The van der Waals surface area contributed by atoms with Crippen LogP contribution in [0, 0.1) is 6.08 Å². The molecule has 0 atom stereocenters. The molecule has 1 aliphatic rings. The number of hydrogen-bond donors (Lipinski definition) is 0. The van der Waals surface area contributed by atoms with Crippen molar-refractivity contribution >= 4 is 0 Å². The van der Waals surface area contributed by atoms with Crippen molar-refractivity contribution in [2.45, 2.75) is 39.0 Å². The van der Waals surface area contributed by atoms with Gasteiger partial charge in [-0.15, -0.1) is 0 Å². The summed E-state index contributed by atoms with van der Waals surface area (Å²) in [6.45, 7) is 2.19. The predicted octanol–water partition coefficient (Wildman–Crippen LogP) is 2.70. The molecule has 1 aliphatic carbocycles. The van der Waals surface area contributed by atoms with Crippen molar-refractivity contribution in [3.63, 3.8) is 0 Å². The molecule has 45 valence electrons. The van der Waals surface area contributed by atoms with E-state index >= 15 is 0 Å². The van der Waals surface area contributed by atoms with Gasteiger partial charge in [-0.3, -0.25) is 0 Å². The molecule has 0 heteroatoms. The van der Waals surface area contributed by atoms with Crippen LogP contribution in [0.25, 0.3) is 0 Å². The number of rotatable bonds is 0. The molecule has 0 spiro atoms. The van der Waals surface area contributed by atoms with E-state index in [9.17, 15) is 0 Å². The highest BCUT2D eigenvalue weighted by atomic mass is 14.0. The molecule has 0 saturated carbocycles. The molecule has 1 rings (SSSR count). The zero-order chi connectivity index (χ0) is 5.82. The summed E-state index contributed by atoms with van der Waals surface area (Å²) in [6.07, 6.45) is 10.0. The van der Waals surface area contributed by atoms with Crippen molar-refractivity contribution in [1.29, 1.82) is 0 Å². The SMILES string of the molecule is CC1=[C]CCCCC1. The average Bonchev–Trinajstić information content (AvgIpc) is 1.94. The first-order valence-electron chi connectivity index (χ1n) is 3.46. The minimum atomic E-state index is 1.20. The van der Waals surface area contributed by atoms with Crippen molar-refractivity contribution in [2.24, 2.45) is 0 Å². The molecule has 0 aromatic rings. The maximum atomic E-state index is 3.36. The second-order valence-electron chi connectivity index (χ2n) is 2.52. The Kier molecular flexibility index (Phi) is 2.13. The van der Waals surface area contributed by atoms with E-state index in [-0.39, 0.29) is 0 Å². The van der Waals surface area contributed by atoms with Gasteiger partial charge in [0.1, 0.15) is 0 Å².